The van der Waals surface area contributed by atoms with Crippen molar-refractivity contribution in [1.29, 1.82) is 0 Å². The van der Waals surface area contributed by atoms with E-state index in [4.69, 9.17) is 26.7 Å². The van der Waals surface area contributed by atoms with Crippen LogP contribution in [0, 0.1) is 0 Å². The molecule has 168 valence electrons. The summed E-state index contributed by atoms with van der Waals surface area (Å²) in [5.41, 5.74) is 0.926. The third kappa shape index (κ3) is 2.67. The minimum atomic E-state index is -0.722. The zero-order valence-corrected chi connectivity index (χ0v) is 18.4. The summed E-state index contributed by atoms with van der Waals surface area (Å²) in [4.78, 5) is 0. The minimum Gasteiger partial charge on any atom is -0.464 e. The number of para-hydroxylation sites is 1. The van der Waals surface area contributed by atoms with Crippen LogP contribution in [0.25, 0.3) is 76.7 Å². The molecule has 0 fully saturated rings. The fraction of sp³-hybridized carbons (Fsp3) is 0. The van der Waals surface area contributed by atoms with E-state index in [0.29, 0.717) is 27.5 Å². The van der Waals surface area contributed by atoms with Crippen molar-refractivity contribution < 1.29 is 26.7 Å². The molecule has 6 aromatic carbocycles. The van der Waals surface area contributed by atoms with Gasteiger partial charge in [0.05, 0.1) is 24.1 Å². The summed E-state index contributed by atoms with van der Waals surface area (Å²) in [5, 5.41) is 1.05. The van der Waals surface area contributed by atoms with Crippen LogP contribution < -0.4 is 0 Å². The molecule has 0 unspecified atom stereocenters. The molecule has 8 rings (SSSR count). The van der Waals surface area contributed by atoms with E-state index in [1.54, 1.807) is 12.1 Å². The number of furan rings is 2. The van der Waals surface area contributed by atoms with E-state index in [1.165, 1.54) is 6.26 Å². The third-order valence-electron chi connectivity index (χ3n) is 6.47. The first-order chi connectivity index (χ1) is 23.3. The number of hydrogen-bond acceptors (Lipinski definition) is 2. The van der Waals surface area contributed by atoms with Crippen LogP contribution in [0.2, 0.25) is 0 Å². The second-order valence-electron chi connectivity index (χ2n) is 8.34. The maximum Gasteiger partial charge on any atom is 0.139 e. The van der Waals surface area contributed by atoms with E-state index in [1.807, 2.05) is 24.3 Å². The monoisotopic (exact) mass is 473 g/mol. The Morgan fingerprint density at radius 2 is 1.14 bits per heavy atom. The van der Waals surface area contributed by atoms with Crippen molar-refractivity contribution in [3.8, 4) is 22.3 Å². The number of hydrogen-bond donors (Lipinski definition) is 0. The molecule has 0 atom stereocenters. The highest BCUT2D eigenvalue weighted by Gasteiger charge is 2.20. The lowest BCUT2D eigenvalue weighted by molar-refractivity contribution is 0.614. The lowest BCUT2D eigenvalue weighted by Gasteiger charge is -2.17. The number of rotatable bonds is 2. The van der Waals surface area contributed by atoms with Gasteiger partial charge in [-0.05, 0) is 44.8 Å². The molecule has 36 heavy (non-hydrogen) atoms. The van der Waals surface area contributed by atoms with Gasteiger partial charge in [-0.2, -0.15) is 0 Å². The van der Waals surface area contributed by atoms with E-state index >= 15 is 0 Å². The summed E-state index contributed by atoms with van der Waals surface area (Å²) >= 11 is 0. The van der Waals surface area contributed by atoms with Crippen molar-refractivity contribution >= 4 is 54.5 Å². The molecule has 0 radical (unpaired) electrons. The van der Waals surface area contributed by atoms with Gasteiger partial charge in [-0.1, -0.05) is 96.8 Å². The molecular weight excluding hydrogens is 440 g/mol. The van der Waals surface area contributed by atoms with E-state index in [0.717, 1.165) is 5.39 Å². The molecule has 2 nitrogen and oxygen atoms in total. The normalized spacial score (nSPS) is 16.9. The van der Waals surface area contributed by atoms with Gasteiger partial charge in [0.1, 0.15) is 16.7 Å². The zero-order chi connectivity index (χ0) is 35.0. The van der Waals surface area contributed by atoms with Crippen LogP contribution in [0.5, 0.6) is 0 Å². The molecule has 0 N–H and O–H groups in total. The predicted molar refractivity (Wildman–Crippen MR) is 149 cm³/mol. The maximum atomic E-state index is 9.15. The molecule has 0 spiro atoms. The Kier molecular flexibility index (Phi) is 2.21. The predicted octanol–water partition coefficient (Wildman–Crippen LogP) is 9.97. The molecule has 2 aromatic heterocycles. The Labute approximate surface area is 225 Å². The van der Waals surface area contributed by atoms with Crippen LogP contribution in [0.1, 0.15) is 17.8 Å². The summed E-state index contributed by atoms with van der Waals surface area (Å²) in [5.74, 6) is 0. The lowest BCUT2D eigenvalue weighted by atomic mass is 9.86. The van der Waals surface area contributed by atoms with Gasteiger partial charge in [-0.3, -0.25) is 0 Å². The SMILES string of the molecule is [2H]c1c([2H])c([2H])c(-c2c3c([2H])c([2H])c([2H])c([2H])c3c(-c3coc4cc5oc6ccccc6c5cc34)c3c([2H])c([2H])c([2H])c([2H])c23)c([2H])c1[2H]. The van der Waals surface area contributed by atoms with Crippen LogP contribution in [-0.4, -0.2) is 0 Å². The first kappa shape index (κ1) is 10.8. The topological polar surface area (TPSA) is 26.3 Å². The molecule has 8 aromatic rings. The summed E-state index contributed by atoms with van der Waals surface area (Å²) in [7, 11) is 0. The maximum absolute atomic E-state index is 9.15. The fourth-order valence-corrected chi connectivity index (χ4v) is 4.96. The summed E-state index contributed by atoms with van der Waals surface area (Å²) in [6.07, 6.45) is 1.34. The molecule has 0 bridgehead atoms. The van der Waals surface area contributed by atoms with Crippen molar-refractivity contribution in [2.45, 2.75) is 0 Å². The Bertz CT molecular complexity index is 2710. The molecule has 0 aliphatic heterocycles. The van der Waals surface area contributed by atoms with Gasteiger partial charge < -0.3 is 8.83 Å². The Morgan fingerprint density at radius 3 is 1.86 bits per heavy atom. The van der Waals surface area contributed by atoms with Crippen LogP contribution in [0.15, 0.2) is 130 Å². The third-order valence-corrected chi connectivity index (χ3v) is 6.47. The van der Waals surface area contributed by atoms with E-state index < -0.39 is 84.1 Å². The number of benzene rings is 6. The quantitative estimate of drug-likeness (QED) is 0.233. The minimum absolute atomic E-state index is 0.00557. The second-order valence-corrected chi connectivity index (χ2v) is 8.34. The van der Waals surface area contributed by atoms with Crippen molar-refractivity contribution in [1.82, 2.24) is 0 Å². The highest BCUT2D eigenvalue weighted by Crippen LogP contribution is 2.46. The van der Waals surface area contributed by atoms with E-state index in [-0.39, 0.29) is 38.2 Å². The van der Waals surface area contributed by atoms with Crippen molar-refractivity contribution in [3.63, 3.8) is 0 Å². The largest absolute Gasteiger partial charge is 0.464 e. The molecule has 0 aliphatic carbocycles. The van der Waals surface area contributed by atoms with Crippen LogP contribution in [0.3, 0.4) is 0 Å². The van der Waals surface area contributed by atoms with Gasteiger partial charge >= 0.3 is 0 Å². The lowest BCUT2D eigenvalue weighted by Crippen LogP contribution is -1.90. The van der Waals surface area contributed by atoms with Crippen LogP contribution in [-0.2, 0) is 0 Å². The van der Waals surface area contributed by atoms with Gasteiger partial charge in [0.15, 0.2) is 0 Å². The first-order valence-electron chi connectivity index (χ1n) is 17.6. The molecule has 2 heteroatoms. The molecule has 0 saturated heterocycles. The van der Waals surface area contributed by atoms with Gasteiger partial charge in [0, 0.05) is 33.4 Å². The molecule has 0 amide bonds. The Morgan fingerprint density at radius 1 is 0.500 bits per heavy atom. The van der Waals surface area contributed by atoms with E-state index in [2.05, 4.69) is 0 Å². The molecule has 2 heterocycles. The van der Waals surface area contributed by atoms with Crippen LogP contribution >= 0.6 is 0 Å². The first-order valence-corrected chi connectivity index (χ1v) is 11.1. The highest BCUT2D eigenvalue weighted by atomic mass is 16.3. The van der Waals surface area contributed by atoms with Crippen molar-refractivity contribution in [2.75, 3.05) is 0 Å². The summed E-state index contributed by atoms with van der Waals surface area (Å²) in [6.45, 7) is 0. The standard InChI is InChI=1S/C34H20O2/c1-2-10-21(11-3-1)33-23-13-4-6-15-25(23)34(26-16-7-5-14-24(26)33)29-20-35-31-19-32-27(18-28(29)31)22-12-8-9-17-30(22)36-32/h1-20H/i1D,2D,3D,4D,5D,6D,7D,10D,11D,13D,14D,15D,16D. The molecule has 0 aliphatic rings. The van der Waals surface area contributed by atoms with Gasteiger partial charge in [-0.25, -0.2) is 0 Å². The van der Waals surface area contributed by atoms with Gasteiger partial charge in [-0.15, -0.1) is 0 Å². The van der Waals surface area contributed by atoms with Crippen molar-refractivity contribution in [2.24, 2.45) is 0 Å². The van der Waals surface area contributed by atoms with Crippen molar-refractivity contribution in [3.05, 3.63) is 121 Å². The molecule has 0 saturated carbocycles. The van der Waals surface area contributed by atoms with Gasteiger partial charge in [0.2, 0.25) is 0 Å². The van der Waals surface area contributed by atoms with E-state index in [9.17, 15) is 0 Å². The molecular formula is C34H20O2. The Balaban J connectivity index is 1.70. The average Bonchev–Trinajstić information content (AvgIpc) is 3.68. The average molecular weight is 474 g/mol. The van der Waals surface area contributed by atoms with Crippen LogP contribution in [0.4, 0.5) is 0 Å². The highest BCUT2D eigenvalue weighted by molar-refractivity contribution is 6.24. The smallest absolute Gasteiger partial charge is 0.139 e. The second kappa shape index (κ2) is 7.34. The summed E-state index contributed by atoms with van der Waals surface area (Å²) < 4.78 is 125. The number of fused-ring (bicyclic) bond motifs is 6. The van der Waals surface area contributed by atoms with Gasteiger partial charge in [0.25, 0.3) is 0 Å². The fourth-order valence-electron chi connectivity index (χ4n) is 4.96. The summed E-state index contributed by atoms with van der Waals surface area (Å²) in [6, 6.07) is 2.28. The zero-order valence-electron chi connectivity index (χ0n) is 31.4. The Hall–Kier alpha value is -4.82.